The summed E-state index contributed by atoms with van der Waals surface area (Å²) >= 11 is 3.41. The molecule has 0 aromatic rings. The number of aliphatic hydroxyl groups excluding tert-OH is 1. The molecule has 0 saturated heterocycles. The van der Waals surface area contributed by atoms with Gasteiger partial charge in [0.25, 0.3) is 0 Å². The summed E-state index contributed by atoms with van der Waals surface area (Å²) in [4.78, 5) is 0. The summed E-state index contributed by atoms with van der Waals surface area (Å²) in [5.74, 6) is 0.811. The number of rotatable bonds is 6. The molecule has 0 aromatic heterocycles. The summed E-state index contributed by atoms with van der Waals surface area (Å²) in [6, 6.07) is 0. The van der Waals surface area contributed by atoms with Gasteiger partial charge in [-0.25, -0.2) is 0 Å². The maximum absolute atomic E-state index is 8.50. The zero-order valence-corrected chi connectivity index (χ0v) is 8.23. The van der Waals surface area contributed by atoms with Gasteiger partial charge < -0.3 is 5.11 Å². The predicted molar refractivity (Wildman–Crippen MR) is 48.5 cm³/mol. The third-order valence-corrected chi connectivity index (χ3v) is 2.16. The first-order valence-corrected chi connectivity index (χ1v) is 5.10. The molecule has 62 valence electrons. The van der Waals surface area contributed by atoms with Crippen LogP contribution in [0.1, 0.15) is 32.6 Å². The van der Waals surface area contributed by atoms with Crippen LogP contribution in [-0.4, -0.2) is 17.0 Å². The number of unbranched alkanes of at least 4 members (excludes halogenated alkanes) is 1. The Balaban J connectivity index is 2.97. The van der Waals surface area contributed by atoms with Crippen molar-refractivity contribution in [2.24, 2.45) is 5.92 Å². The van der Waals surface area contributed by atoms with Crippen LogP contribution in [0.15, 0.2) is 0 Å². The fourth-order valence-corrected chi connectivity index (χ4v) is 1.72. The molecule has 0 amide bonds. The molecule has 0 aliphatic rings. The van der Waals surface area contributed by atoms with E-state index >= 15 is 0 Å². The highest BCUT2D eigenvalue weighted by atomic mass is 79.9. The molecule has 1 N–H and O–H groups in total. The quantitative estimate of drug-likeness (QED) is 0.526. The first-order chi connectivity index (χ1) is 4.81. The fraction of sp³-hybridized carbons (Fsp3) is 1.00. The highest BCUT2D eigenvalue weighted by molar-refractivity contribution is 9.09. The van der Waals surface area contributed by atoms with Gasteiger partial charge in [-0.3, -0.25) is 0 Å². The van der Waals surface area contributed by atoms with E-state index in [0.29, 0.717) is 6.61 Å². The first-order valence-electron chi connectivity index (χ1n) is 3.98. The van der Waals surface area contributed by atoms with Gasteiger partial charge in [-0.1, -0.05) is 35.7 Å². The van der Waals surface area contributed by atoms with Gasteiger partial charge >= 0.3 is 0 Å². The second-order valence-corrected chi connectivity index (χ2v) is 3.60. The van der Waals surface area contributed by atoms with Crippen LogP contribution in [0.4, 0.5) is 0 Å². The molecule has 0 fully saturated rings. The van der Waals surface area contributed by atoms with Gasteiger partial charge in [0.15, 0.2) is 0 Å². The zero-order valence-electron chi connectivity index (χ0n) is 6.65. The molecule has 2 heteroatoms. The van der Waals surface area contributed by atoms with E-state index in [1.165, 1.54) is 19.3 Å². The minimum Gasteiger partial charge on any atom is -0.396 e. The monoisotopic (exact) mass is 208 g/mol. The molecule has 0 spiro atoms. The summed E-state index contributed by atoms with van der Waals surface area (Å²) < 4.78 is 0. The molecule has 0 aromatic carbocycles. The van der Waals surface area contributed by atoms with E-state index in [2.05, 4.69) is 22.9 Å². The SMILES string of the molecule is CC(CCBr)CCCCO. The van der Waals surface area contributed by atoms with Crippen molar-refractivity contribution in [1.29, 1.82) is 0 Å². The molecule has 0 aliphatic carbocycles. The maximum Gasteiger partial charge on any atom is 0.0431 e. The van der Waals surface area contributed by atoms with Crippen molar-refractivity contribution < 1.29 is 5.11 Å². The molecule has 1 atom stereocenters. The Kier molecular flexibility index (Phi) is 7.88. The molecular weight excluding hydrogens is 192 g/mol. The Labute approximate surface area is 72.0 Å². The molecule has 0 heterocycles. The third-order valence-electron chi connectivity index (χ3n) is 1.71. The van der Waals surface area contributed by atoms with Gasteiger partial charge in [0.1, 0.15) is 0 Å². The lowest BCUT2D eigenvalue weighted by Gasteiger charge is -2.07. The van der Waals surface area contributed by atoms with E-state index in [-0.39, 0.29) is 0 Å². The maximum atomic E-state index is 8.50. The Morgan fingerprint density at radius 3 is 2.50 bits per heavy atom. The highest BCUT2D eigenvalue weighted by Gasteiger charge is 1.99. The van der Waals surface area contributed by atoms with E-state index in [9.17, 15) is 0 Å². The van der Waals surface area contributed by atoms with Crippen molar-refractivity contribution in [3.8, 4) is 0 Å². The molecule has 0 bridgehead atoms. The Morgan fingerprint density at radius 2 is 2.00 bits per heavy atom. The van der Waals surface area contributed by atoms with Gasteiger partial charge in [-0.05, 0) is 18.8 Å². The minimum atomic E-state index is 0.348. The van der Waals surface area contributed by atoms with Crippen LogP contribution >= 0.6 is 15.9 Å². The molecule has 1 unspecified atom stereocenters. The summed E-state index contributed by atoms with van der Waals surface area (Å²) in [5, 5.41) is 9.60. The van der Waals surface area contributed by atoms with E-state index in [1.807, 2.05) is 0 Å². The van der Waals surface area contributed by atoms with Crippen LogP contribution in [0.25, 0.3) is 0 Å². The average Bonchev–Trinajstić information content (AvgIpc) is 1.89. The molecule has 1 nitrogen and oxygen atoms in total. The standard InChI is InChI=1S/C8H17BrO/c1-8(5-6-9)4-2-3-7-10/h8,10H,2-7H2,1H3. The predicted octanol–water partition coefficient (Wildman–Crippen LogP) is 2.57. The largest absolute Gasteiger partial charge is 0.396 e. The lowest BCUT2D eigenvalue weighted by molar-refractivity contribution is 0.278. The van der Waals surface area contributed by atoms with E-state index in [1.54, 1.807) is 0 Å². The zero-order chi connectivity index (χ0) is 7.82. The minimum absolute atomic E-state index is 0.348. The summed E-state index contributed by atoms with van der Waals surface area (Å²) in [6.45, 7) is 2.61. The van der Waals surface area contributed by atoms with Crippen LogP contribution in [0.5, 0.6) is 0 Å². The van der Waals surface area contributed by atoms with Crippen molar-refractivity contribution in [3.63, 3.8) is 0 Å². The van der Waals surface area contributed by atoms with E-state index in [4.69, 9.17) is 5.11 Å². The lowest BCUT2D eigenvalue weighted by Crippen LogP contribution is -1.95. The van der Waals surface area contributed by atoms with Crippen molar-refractivity contribution in [2.45, 2.75) is 32.6 Å². The number of halogens is 1. The first kappa shape index (κ1) is 10.4. The summed E-state index contributed by atoms with van der Waals surface area (Å²) in [7, 11) is 0. The average molecular weight is 209 g/mol. The normalized spacial score (nSPS) is 13.5. The van der Waals surface area contributed by atoms with Gasteiger partial charge in [0, 0.05) is 11.9 Å². The van der Waals surface area contributed by atoms with Crippen LogP contribution in [0, 0.1) is 5.92 Å². The van der Waals surface area contributed by atoms with E-state index < -0.39 is 0 Å². The molecule has 0 radical (unpaired) electrons. The molecule has 0 rings (SSSR count). The van der Waals surface area contributed by atoms with Crippen molar-refractivity contribution >= 4 is 15.9 Å². The smallest absolute Gasteiger partial charge is 0.0431 e. The fourth-order valence-electron chi connectivity index (χ4n) is 0.935. The second kappa shape index (κ2) is 7.55. The van der Waals surface area contributed by atoms with Crippen molar-refractivity contribution in [3.05, 3.63) is 0 Å². The number of aliphatic hydroxyl groups is 1. The van der Waals surface area contributed by atoms with Crippen LogP contribution in [0.2, 0.25) is 0 Å². The van der Waals surface area contributed by atoms with Crippen molar-refractivity contribution in [1.82, 2.24) is 0 Å². The number of alkyl halides is 1. The Hall–Kier alpha value is 0.440. The second-order valence-electron chi connectivity index (χ2n) is 2.80. The van der Waals surface area contributed by atoms with Gasteiger partial charge in [-0.2, -0.15) is 0 Å². The summed E-state index contributed by atoms with van der Waals surface area (Å²) in [6.07, 6.45) is 4.65. The molecule has 0 aliphatic heterocycles. The third kappa shape index (κ3) is 6.56. The van der Waals surface area contributed by atoms with Crippen LogP contribution < -0.4 is 0 Å². The van der Waals surface area contributed by atoms with Crippen LogP contribution in [-0.2, 0) is 0 Å². The van der Waals surface area contributed by atoms with Crippen LogP contribution in [0.3, 0.4) is 0 Å². The van der Waals surface area contributed by atoms with Gasteiger partial charge in [0.05, 0.1) is 0 Å². The Morgan fingerprint density at radius 1 is 1.30 bits per heavy atom. The number of hydrogen-bond acceptors (Lipinski definition) is 1. The molecular formula is C8H17BrO. The van der Waals surface area contributed by atoms with Gasteiger partial charge in [-0.15, -0.1) is 0 Å². The van der Waals surface area contributed by atoms with Crippen molar-refractivity contribution in [2.75, 3.05) is 11.9 Å². The molecule has 0 saturated carbocycles. The lowest BCUT2D eigenvalue weighted by atomic mass is 10.0. The molecule has 10 heavy (non-hydrogen) atoms. The summed E-state index contributed by atoms with van der Waals surface area (Å²) in [5.41, 5.74) is 0. The number of hydrogen-bond donors (Lipinski definition) is 1. The highest BCUT2D eigenvalue weighted by Crippen LogP contribution is 2.12. The van der Waals surface area contributed by atoms with Gasteiger partial charge in [0.2, 0.25) is 0 Å². The Bertz CT molecular complexity index is 66.3. The van der Waals surface area contributed by atoms with E-state index in [0.717, 1.165) is 17.7 Å². The topological polar surface area (TPSA) is 20.2 Å².